The Hall–Kier alpha value is -5.24. The summed E-state index contributed by atoms with van der Waals surface area (Å²) in [6.07, 6.45) is 6.30. The predicted octanol–water partition coefficient (Wildman–Crippen LogP) is 7.89. The molecule has 0 heterocycles. The highest BCUT2D eigenvalue weighted by molar-refractivity contribution is 6.05. The van der Waals surface area contributed by atoms with E-state index in [2.05, 4.69) is 21.3 Å². The highest BCUT2D eigenvalue weighted by Gasteiger charge is 2.09. The lowest BCUT2D eigenvalue weighted by molar-refractivity contribution is -0.117. The molecular weight excluding hydrogens is 552 g/mol. The molecule has 4 N–H and O–H groups in total. The van der Waals surface area contributed by atoms with Crippen molar-refractivity contribution in [3.05, 3.63) is 120 Å². The second-order valence-electron chi connectivity index (χ2n) is 10.5. The van der Waals surface area contributed by atoms with Gasteiger partial charge in [-0.15, -0.1) is 0 Å². The molecule has 226 valence electrons. The summed E-state index contributed by atoms with van der Waals surface area (Å²) in [5.41, 5.74) is 3.65. The van der Waals surface area contributed by atoms with Crippen molar-refractivity contribution >= 4 is 46.4 Å². The summed E-state index contributed by atoms with van der Waals surface area (Å²) in [5, 5.41) is 11.5. The Balaban J connectivity index is 1.05. The van der Waals surface area contributed by atoms with E-state index in [4.69, 9.17) is 0 Å². The van der Waals surface area contributed by atoms with E-state index in [0.717, 1.165) is 38.5 Å². The van der Waals surface area contributed by atoms with Crippen LogP contribution in [0.4, 0.5) is 22.7 Å². The normalized spacial score (nSPS) is 10.5. The van der Waals surface area contributed by atoms with Crippen LogP contribution >= 0.6 is 0 Å². The van der Waals surface area contributed by atoms with E-state index < -0.39 is 0 Å². The molecule has 0 aliphatic carbocycles. The van der Waals surface area contributed by atoms with Crippen molar-refractivity contribution in [1.29, 1.82) is 0 Å². The van der Waals surface area contributed by atoms with Gasteiger partial charge in [-0.05, 0) is 73.5 Å². The van der Waals surface area contributed by atoms with E-state index in [9.17, 15) is 19.2 Å². The maximum Gasteiger partial charge on any atom is 0.255 e. The Kier molecular flexibility index (Phi) is 12.3. The van der Waals surface area contributed by atoms with E-state index in [1.165, 1.54) is 0 Å². The number of unbranched alkanes of at least 4 members (excludes halogenated alkanes) is 5. The first-order valence-corrected chi connectivity index (χ1v) is 15.0. The Bertz CT molecular complexity index is 1420. The third kappa shape index (κ3) is 10.9. The largest absolute Gasteiger partial charge is 0.326 e. The van der Waals surface area contributed by atoms with Gasteiger partial charge in [0, 0.05) is 46.7 Å². The van der Waals surface area contributed by atoms with Gasteiger partial charge in [0.2, 0.25) is 11.8 Å². The van der Waals surface area contributed by atoms with Crippen LogP contribution < -0.4 is 21.3 Å². The van der Waals surface area contributed by atoms with Crippen molar-refractivity contribution in [1.82, 2.24) is 0 Å². The molecule has 0 fully saturated rings. The number of hydrogen-bond donors (Lipinski definition) is 4. The van der Waals surface area contributed by atoms with E-state index in [1.54, 1.807) is 72.8 Å². The number of hydrogen-bond acceptors (Lipinski definition) is 4. The van der Waals surface area contributed by atoms with Crippen molar-refractivity contribution in [3.8, 4) is 0 Å². The standard InChI is InChI=1S/C36H38N4O4/c41-33(37-29-19-13-21-31(25-29)39-35(43)27-15-7-5-8-16-27)23-11-3-1-2-4-12-24-34(42)38-30-20-14-22-32(26-30)40-36(44)28-17-9-6-10-18-28/h5-10,13-22,25-26H,1-4,11-12,23-24H2,(H,37,41)(H,38,42)(H,39,43)(H,40,44). The topological polar surface area (TPSA) is 116 Å². The molecule has 4 aromatic carbocycles. The molecule has 0 bridgehead atoms. The van der Waals surface area contributed by atoms with Crippen LogP contribution in [-0.2, 0) is 9.59 Å². The zero-order chi connectivity index (χ0) is 31.0. The molecule has 0 aliphatic heterocycles. The third-order valence-electron chi connectivity index (χ3n) is 6.94. The zero-order valence-corrected chi connectivity index (χ0v) is 24.7. The van der Waals surface area contributed by atoms with E-state index in [0.29, 0.717) is 46.7 Å². The summed E-state index contributed by atoms with van der Waals surface area (Å²) in [7, 11) is 0. The number of benzene rings is 4. The Morgan fingerprint density at radius 1 is 0.386 bits per heavy atom. The fourth-order valence-electron chi connectivity index (χ4n) is 4.66. The lowest BCUT2D eigenvalue weighted by Crippen LogP contribution is -2.13. The van der Waals surface area contributed by atoms with Gasteiger partial charge in [0.05, 0.1) is 0 Å². The van der Waals surface area contributed by atoms with Gasteiger partial charge in [0.15, 0.2) is 0 Å². The van der Waals surface area contributed by atoms with Gasteiger partial charge in [-0.2, -0.15) is 0 Å². The first kappa shape index (κ1) is 31.7. The summed E-state index contributed by atoms with van der Waals surface area (Å²) in [6.45, 7) is 0. The van der Waals surface area contributed by atoms with Gasteiger partial charge < -0.3 is 21.3 Å². The third-order valence-corrected chi connectivity index (χ3v) is 6.94. The van der Waals surface area contributed by atoms with Gasteiger partial charge in [0.1, 0.15) is 0 Å². The summed E-state index contributed by atoms with van der Waals surface area (Å²) in [4.78, 5) is 49.6. The molecule has 44 heavy (non-hydrogen) atoms. The second-order valence-corrected chi connectivity index (χ2v) is 10.5. The van der Waals surface area contributed by atoms with E-state index in [1.807, 2.05) is 36.4 Å². The first-order chi connectivity index (χ1) is 21.5. The maximum absolute atomic E-state index is 12.4. The molecule has 0 unspecified atom stereocenters. The molecule has 0 aliphatic rings. The van der Waals surface area contributed by atoms with Crippen LogP contribution in [0.25, 0.3) is 0 Å². The quantitative estimate of drug-likeness (QED) is 0.105. The van der Waals surface area contributed by atoms with Crippen LogP contribution in [0.3, 0.4) is 0 Å². The van der Waals surface area contributed by atoms with Crippen molar-refractivity contribution < 1.29 is 19.2 Å². The molecule has 4 rings (SSSR count). The van der Waals surface area contributed by atoms with Gasteiger partial charge in [-0.25, -0.2) is 0 Å². The minimum absolute atomic E-state index is 0.0584. The Morgan fingerprint density at radius 3 is 1.11 bits per heavy atom. The summed E-state index contributed by atoms with van der Waals surface area (Å²) < 4.78 is 0. The Morgan fingerprint density at radius 2 is 0.727 bits per heavy atom. The Labute approximate surface area is 258 Å². The molecule has 0 aromatic heterocycles. The number of rotatable bonds is 15. The monoisotopic (exact) mass is 590 g/mol. The maximum atomic E-state index is 12.4. The van der Waals surface area contributed by atoms with E-state index in [-0.39, 0.29) is 23.6 Å². The van der Waals surface area contributed by atoms with Crippen LogP contribution in [0.2, 0.25) is 0 Å². The van der Waals surface area contributed by atoms with Crippen LogP contribution in [0, 0.1) is 0 Å². The molecule has 0 spiro atoms. The van der Waals surface area contributed by atoms with Gasteiger partial charge in [-0.1, -0.05) is 74.2 Å². The fourth-order valence-corrected chi connectivity index (χ4v) is 4.66. The molecular formula is C36H38N4O4. The molecule has 8 heteroatoms. The summed E-state index contributed by atoms with van der Waals surface area (Å²) >= 11 is 0. The lowest BCUT2D eigenvalue weighted by atomic mass is 10.1. The van der Waals surface area contributed by atoms with Gasteiger partial charge in [-0.3, -0.25) is 19.2 Å². The van der Waals surface area contributed by atoms with Crippen molar-refractivity contribution in [2.45, 2.75) is 51.4 Å². The van der Waals surface area contributed by atoms with Gasteiger partial charge >= 0.3 is 0 Å². The highest BCUT2D eigenvalue weighted by atomic mass is 16.2. The minimum atomic E-state index is -0.203. The average molecular weight is 591 g/mol. The number of anilines is 4. The molecule has 8 nitrogen and oxygen atoms in total. The number of carbonyl (C=O) groups is 4. The molecule has 4 aromatic rings. The molecule has 0 saturated carbocycles. The van der Waals surface area contributed by atoms with Crippen LogP contribution in [0.15, 0.2) is 109 Å². The second kappa shape index (κ2) is 17.0. The lowest BCUT2D eigenvalue weighted by Gasteiger charge is -2.09. The smallest absolute Gasteiger partial charge is 0.255 e. The van der Waals surface area contributed by atoms with Crippen LogP contribution in [0.5, 0.6) is 0 Å². The zero-order valence-electron chi connectivity index (χ0n) is 24.7. The van der Waals surface area contributed by atoms with Crippen molar-refractivity contribution in [3.63, 3.8) is 0 Å². The van der Waals surface area contributed by atoms with Crippen LogP contribution in [-0.4, -0.2) is 23.6 Å². The molecule has 4 amide bonds. The summed E-state index contributed by atoms with van der Waals surface area (Å²) in [5.74, 6) is -0.523. The predicted molar refractivity (Wildman–Crippen MR) is 176 cm³/mol. The summed E-state index contributed by atoms with van der Waals surface area (Å²) in [6, 6.07) is 32.2. The molecule has 0 atom stereocenters. The van der Waals surface area contributed by atoms with Crippen molar-refractivity contribution in [2.75, 3.05) is 21.3 Å². The number of nitrogens with one attached hydrogen (secondary N) is 4. The fraction of sp³-hybridized carbons (Fsp3) is 0.222. The average Bonchev–Trinajstić information content (AvgIpc) is 3.03. The number of carbonyl (C=O) groups excluding carboxylic acids is 4. The van der Waals surface area contributed by atoms with E-state index >= 15 is 0 Å². The van der Waals surface area contributed by atoms with Gasteiger partial charge in [0.25, 0.3) is 11.8 Å². The molecule has 0 radical (unpaired) electrons. The minimum Gasteiger partial charge on any atom is -0.326 e. The van der Waals surface area contributed by atoms with Crippen LogP contribution in [0.1, 0.15) is 72.1 Å². The van der Waals surface area contributed by atoms with Crippen molar-refractivity contribution in [2.24, 2.45) is 0 Å². The highest BCUT2D eigenvalue weighted by Crippen LogP contribution is 2.19. The number of amides is 4. The first-order valence-electron chi connectivity index (χ1n) is 15.0. The molecule has 0 saturated heterocycles. The SMILES string of the molecule is O=C(CCCCCCCCC(=O)Nc1cccc(NC(=O)c2ccccc2)c1)Nc1cccc(NC(=O)c2ccccc2)c1.